The summed E-state index contributed by atoms with van der Waals surface area (Å²) in [7, 11) is 0. The van der Waals surface area contributed by atoms with Crippen molar-refractivity contribution in [1.82, 2.24) is 20.1 Å². The highest BCUT2D eigenvalue weighted by atomic mass is 16.3. The zero-order valence-corrected chi connectivity index (χ0v) is 11.7. The minimum absolute atomic E-state index is 0.0350. The Morgan fingerprint density at radius 3 is 2.86 bits per heavy atom. The number of benzene rings is 1. The molecule has 1 aliphatic rings. The van der Waals surface area contributed by atoms with E-state index in [0.717, 1.165) is 18.4 Å². The lowest BCUT2D eigenvalue weighted by Gasteiger charge is -2.31. The van der Waals surface area contributed by atoms with E-state index in [1.807, 2.05) is 29.2 Å². The first-order valence-electron chi connectivity index (χ1n) is 7.14. The number of aromatic nitrogens is 3. The van der Waals surface area contributed by atoms with Gasteiger partial charge in [0.25, 0.3) is 5.91 Å². The number of amides is 1. The topological polar surface area (TPSA) is 82.1 Å². The average Bonchev–Trinajstić information content (AvgIpc) is 3.09. The van der Waals surface area contributed by atoms with Gasteiger partial charge in [0.1, 0.15) is 6.33 Å². The third-order valence-corrected chi connectivity index (χ3v) is 3.96. The van der Waals surface area contributed by atoms with Crippen LogP contribution in [0.5, 0.6) is 0 Å². The van der Waals surface area contributed by atoms with Gasteiger partial charge in [-0.3, -0.25) is 9.89 Å². The van der Waals surface area contributed by atoms with Crippen LogP contribution in [0.2, 0.25) is 0 Å². The SMILES string of the molecule is O=C(c1cccc(-c2ncn[nH]2)c1)N1CCC(CO)CC1. The molecule has 1 saturated heterocycles. The predicted molar refractivity (Wildman–Crippen MR) is 77.5 cm³/mol. The molecule has 6 nitrogen and oxygen atoms in total. The maximum atomic E-state index is 12.5. The number of aliphatic hydroxyl groups excluding tert-OH is 1. The van der Waals surface area contributed by atoms with Crippen molar-refractivity contribution in [3.05, 3.63) is 36.2 Å². The van der Waals surface area contributed by atoms with E-state index >= 15 is 0 Å². The number of carbonyl (C=O) groups excluding carboxylic acids is 1. The first kappa shape index (κ1) is 13.8. The highest BCUT2D eigenvalue weighted by Crippen LogP contribution is 2.20. The molecule has 0 aliphatic carbocycles. The van der Waals surface area contributed by atoms with E-state index in [0.29, 0.717) is 30.4 Å². The Labute approximate surface area is 122 Å². The molecule has 6 heteroatoms. The lowest BCUT2D eigenvalue weighted by molar-refractivity contribution is 0.0651. The van der Waals surface area contributed by atoms with Crippen molar-refractivity contribution in [2.45, 2.75) is 12.8 Å². The van der Waals surface area contributed by atoms with Crippen LogP contribution in [0.1, 0.15) is 23.2 Å². The van der Waals surface area contributed by atoms with Gasteiger partial charge < -0.3 is 10.0 Å². The van der Waals surface area contributed by atoms with Gasteiger partial charge in [0.2, 0.25) is 0 Å². The van der Waals surface area contributed by atoms with Crippen molar-refractivity contribution < 1.29 is 9.90 Å². The molecule has 2 heterocycles. The summed E-state index contributed by atoms with van der Waals surface area (Å²) in [5.74, 6) is 1.02. The molecule has 1 fully saturated rings. The van der Waals surface area contributed by atoms with Crippen LogP contribution in [0.25, 0.3) is 11.4 Å². The van der Waals surface area contributed by atoms with Crippen LogP contribution in [0.4, 0.5) is 0 Å². The summed E-state index contributed by atoms with van der Waals surface area (Å²) < 4.78 is 0. The minimum Gasteiger partial charge on any atom is -0.396 e. The van der Waals surface area contributed by atoms with Gasteiger partial charge >= 0.3 is 0 Å². The van der Waals surface area contributed by atoms with Crippen LogP contribution in [-0.4, -0.2) is 50.8 Å². The Kier molecular flexibility index (Phi) is 3.96. The number of nitrogens with zero attached hydrogens (tertiary/aromatic N) is 3. The van der Waals surface area contributed by atoms with Crippen LogP contribution in [0, 0.1) is 5.92 Å². The monoisotopic (exact) mass is 286 g/mol. The second-order valence-electron chi connectivity index (χ2n) is 5.33. The molecule has 0 saturated carbocycles. The van der Waals surface area contributed by atoms with Gasteiger partial charge in [-0.2, -0.15) is 5.10 Å². The highest BCUT2D eigenvalue weighted by molar-refractivity contribution is 5.95. The Hall–Kier alpha value is -2.21. The maximum Gasteiger partial charge on any atom is 0.253 e. The number of aliphatic hydroxyl groups is 1. The van der Waals surface area contributed by atoms with E-state index in [2.05, 4.69) is 15.2 Å². The Morgan fingerprint density at radius 2 is 2.19 bits per heavy atom. The molecular formula is C15H18N4O2. The van der Waals surface area contributed by atoms with Crippen LogP contribution in [0.15, 0.2) is 30.6 Å². The van der Waals surface area contributed by atoms with Gasteiger partial charge in [-0.15, -0.1) is 0 Å². The number of carbonyl (C=O) groups is 1. The summed E-state index contributed by atoms with van der Waals surface area (Å²) in [6.45, 7) is 1.62. The number of likely N-dealkylation sites (tertiary alicyclic amines) is 1. The van der Waals surface area contributed by atoms with E-state index < -0.39 is 0 Å². The normalized spacial score (nSPS) is 16.1. The fourth-order valence-electron chi connectivity index (χ4n) is 2.65. The fourth-order valence-corrected chi connectivity index (χ4v) is 2.65. The Balaban J connectivity index is 1.75. The predicted octanol–water partition coefficient (Wildman–Crippen LogP) is 1.32. The van der Waals surface area contributed by atoms with Crippen molar-refractivity contribution in [3.63, 3.8) is 0 Å². The number of piperidine rings is 1. The molecule has 1 aromatic carbocycles. The fraction of sp³-hybridized carbons (Fsp3) is 0.400. The first-order valence-corrected chi connectivity index (χ1v) is 7.14. The summed E-state index contributed by atoms with van der Waals surface area (Å²) in [5, 5.41) is 15.8. The standard InChI is InChI=1S/C15H18N4O2/c20-9-11-4-6-19(7-5-11)15(21)13-3-1-2-12(8-13)14-16-10-17-18-14/h1-3,8,10-11,20H,4-7,9H2,(H,16,17,18). The molecule has 1 aromatic heterocycles. The van der Waals surface area contributed by atoms with E-state index in [1.54, 1.807) is 0 Å². The van der Waals surface area contributed by atoms with Gasteiger partial charge in [0.05, 0.1) is 0 Å². The van der Waals surface area contributed by atoms with Gasteiger partial charge in [0, 0.05) is 30.8 Å². The van der Waals surface area contributed by atoms with E-state index in [1.165, 1.54) is 6.33 Å². The third kappa shape index (κ3) is 2.95. The van der Waals surface area contributed by atoms with Crippen molar-refractivity contribution in [2.75, 3.05) is 19.7 Å². The first-order chi connectivity index (χ1) is 10.3. The largest absolute Gasteiger partial charge is 0.396 e. The van der Waals surface area contributed by atoms with E-state index in [9.17, 15) is 4.79 Å². The molecule has 0 spiro atoms. The molecule has 3 rings (SSSR count). The Morgan fingerprint density at radius 1 is 1.38 bits per heavy atom. The summed E-state index contributed by atoms with van der Waals surface area (Å²) in [4.78, 5) is 18.5. The summed E-state index contributed by atoms with van der Waals surface area (Å²) >= 11 is 0. The quantitative estimate of drug-likeness (QED) is 0.891. The maximum absolute atomic E-state index is 12.5. The van der Waals surface area contributed by atoms with Crippen LogP contribution in [0.3, 0.4) is 0 Å². The number of aromatic amines is 1. The van der Waals surface area contributed by atoms with Crippen LogP contribution < -0.4 is 0 Å². The molecule has 1 aliphatic heterocycles. The minimum atomic E-state index is 0.0350. The lowest BCUT2D eigenvalue weighted by Crippen LogP contribution is -2.39. The molecule has 1 amide bonds. The number of hydrogen-bond acceptors (Lipinski definition) is 4. The van der Waals surface area contributed by atoms with Gasteiger partial charge in [-0.05, 0) is 30.9 Å². The smallest absolute Gasteiger partial charge is 0.253 e. The molecule has 21 heavy (non-hydrogen) atoms. The molecule has 0 radical (unpaired) electrons. The highest BCUT2D eigenvalue weighted by Gasteiger charge is 2.23. The molecule has 2 N–H and O–H groups in total. The number of hydrogen-bond donors (Lipinski definition) is 2. The third-order valence-electron chi connectivity index (χ3n) is 3.96. The zero-order chi connectivity index (χ0) is 14.7. The van der Waals surface area contributed by atoms with Crippen molar-refractivity contribution in [2.24, 2.45) is 5.92 Å². The molecule has 0 atom stereocenters. The molecule has 110 valence electrons. The average molecular weight is 286 g/mol. The van der Waals surface area contributed by atoms with Crippen molar-refractivity contribution in [3.8, 4) is 11.4 Å². The van der Waals surface area contributed by atoms with E-state index in [4.69, 9.17) is 5.11 Å². The lowest BCUT2D eigenvalue weighted by atomic mass is 9.97. The summed E-state index contributed by atoms with van der Waals surface area (Å²) in [5.41, 5.74) is 1.51. The second-order valence-corrected chi connectivity index (χ2v) is 5.33. The van der Waals surface area contributed by atoms with Gasteiger partial charge in [-0.1, -0.05) is 12.1 Å². The molecule has 0 unspecified atom stereocenters. The van der Waals surface area contributed by atoms with Crippen LogP contribution >= 0.6 is 0 Å². The van der Waals surface area contributed by atoms with E-state index in [-0.39, 0.29) is 12.5 Å². The molecule has 0 bridgehead atoms. The molecular weight excluding hydrogens is 268 g/mol. The second kappa shape index (κ2) is 6.05. The number of rotatable bonds is 3. The van der Waals surface area contributed by atoms with Gasteiger partial charge in [0.15, 0.2) is 5.82 Å². The number of H-pyrrole nitrogens is 1. The van der Waals surface area contributed by atoms with Crippen molar-refractivity contribution in [1.29, 1.82) is 0 Å². The summed E-state index contributed by atoms with van der Waals surface area (Å²) in [6.07, 6.45) is 3.18. The zero-order valence-electron chi connectivity index (χ0n) is 11.7. The van der Waals surface area contributed by atoms with Gasteiger partial charge in [-0.25, -0.2) is 4.98 Å². The summed E-state index contributed by atoms with van der Waals surface area (Å²) in [6, 6.07) is 7.40. The van der Waals surface area contributed by atoms with Crippen molar-refractivity contribution >= 4 is 5.91 Å². The Bertz CT molecular complexity index is 604. The van der Waals surface area contributed by atoms with Crippen LogP contribution in [-0.2, 0) is 0 Å². The molecule has 2 aromatic rings. The number of nitrogens with one attached hydrogen (secondary N) is 1.